The summed E-state index contributed by atoms with van der Waals surface area (Å²) in [6, 6.07) is 11.8. The van der Waals surface area contributed by atoms with Crippen molar-refractivity contribution in [2.45, 2.75) is 44.7 Å². The number of halogens is 2. The third-order valence-corrected chi connectivity index (χ3v) is 6.49. The molecule has 28 heavy (non-hydrogen) atoms. The summed E-state index contributed by atoms with van der Waals surface area (Å²) in [6.45, 7) is 4.09. The van der Waals surface area contributed by atoms with Crippen molar-refractivity contribution in [1.82, 2.24) is 5.32 Å². The Hall–Kier alpha value is -1.97. The van der Waals surface area contributed by atoms with Crippen molar-refractivity contribution in [2.24, 2.45) is 5.92 Å². The summed E-state index contributed by atoms with van der Waals surface area (Å²) in [5.41, 5.74) is 3.79. The second kappa shape index (κ2) is 7.81. The van der Waals surface area contributed by atoms with Crippen molar-refractivity contribution in [2.75, 3.05) is 5.32 Å². The predicted molar refractivity (Wildman–Crippen MR) is 116 cm³/mol. The van der Waals surface area contributed by atoms with Crippen LogP contribution >= 0.6 is 23.2 Å². The summed E-state index contributed by atoms with van der Waals surface area (Å²) in [5, 5.41) is 8.02. The Morgan fingerprint density at radius 1 is 1.25 bits per heavy atom. The lowest BCUT2D eigenvalue weighted by Gasteiger charge is -2.38. The number of carbonyl (C=O) groups excluding carboxylic acids is 1. The van der Waals surface area contributed by atoms with Gasteiger partial charge in [-0.15, -0.1) is 0 Å². The molecule has 4 atom stereocenters. The highest BCUT2D eigenvalue weighted by Gasteiger charge is 2.40. The second-order valence-corrected chi connectivity index (χ2v) is 8.54. The normalized spacial score (nSPS) is 23.5. The lowest BCUT2D eigenvalue weighted by atomic mass is 9.76. The number of para-hydroxylation sites is 1. The van der Waals surface area contributed by atoms with Gasteiger partial charge in [-0.05, 0) is 55.0 Å². The van der Waals surface area contributed by atoms with Gasteiger partial charge in [-0.1, -0.05) is 60.5 Å². The van der Waals surface area contributed by atoms with Crippen molar-refractivity contribution in [1.29, 1.82) is 0 Å². The Kier molecular flexibility index (Phi) is 5.39. The summed E-state index contributed by atoms with van der Waals surface area (Å²) >= 11 is 12.7. The lowest BCUT2D eigenvalue weighted by molar-refractivity contribution is 0.0939. The SMILES string of the molecule is CCC(C)NC(=O)c1cccc2c1NC(c1ccc(Cl)cc1Cl)C1CC=CC21. The number of anilines is 1. The van der Waals surface area contributed by atoms with E-state index in [4.69, 9.17) is 23.2 Å². The van der Waals surface area contributed by atoms with Gasteiger partial charge in [0.2, 0.25) is 0 Å². The van der Waals surface area contributed by atoms with Gasteiger partial charge in [0, 0.05) is 22.0 Å². The van der Waals surface area contributed by atoms with Gasteiger partial charge >= 0.3 is 0 Å². The number of rotatable bonds is 4. The average Bonchev–Trinajstić information content (AvgIpc) is 3.17. The molecule has 3 nitrogen and oxygen atoms in total. The Bertz CT molecular complexity index is 940. The maximum absolute atomic E-state index is 12.9. The molecule has 2 aromatic rings. The van der Waals surface area contributed by atoms with E-state index in [1.54, 1.807) is 6.07 Å². The standard InChI is InChI=1S/C23H24Cl2N2O/c1-3-13(2)26-23(28)19-9-5-8-17-15-6-4-7-16(15)21(27-22(17)19)18-11-10-14(24)12-20(18)25/h4-6,8-13,15-16,21,27H,3,7H2,1-2H3,(H,26,28). The fourth-order valence-electron chi connectivity index (χ4n) is 4.28. The molecule has 2 aliphatic rings. The van der Waals surface area contributed by atoms with Crippen LogP contribution in [-0.4, -0.2) is 11.9 Å². The molecular weight excluding hydrogens is 391 g/mol. The van der Waals surface area contributed by atoms with Crippen LogP contribution in [0.1, 0.15) is 60.1 Å². The number of benzene rings is 2. The van der Waals surface area contributed by atoms with Crippen molar-refractivity contribution >= 4 is 34.8 Å². The van der Waals surface area contributed by atoms with E-state index in [-0.39, 0.29) is 23.9 Å². The number of hydrogen-bond acceptors (Lipinski definition) is 2. The van der Waals surface area contributed by atoms with Gasteiger partial charge in [-0.3, -0.25) is 4.79 Å². The first-order valence-electron chi connectivity index (χ1n) is 9.81. The highest BCUT2D eigenvalue weighted by atomic mass is 35.5. The maximum Gasteiger partial charge on any atom is 0.253 e. The van der Waals surface area contributed by atoms with Crippen LogP contribution in [0.15, 0.2) is 48.6 Å². The smallest absolute Gasteiger partial charge is 0.253 e. The fourth-order valence-corrected chi connectivity index (χ4v) is 4.80. The van der Waals surface area contributed by atoms with E-state index in [1.165, 1.54) is 5.56 Å². The molecule has 146 valence electrons. The van der Waals surface area contributed by atoms with Crippen LogP contribution in [0.4, 0.5) is 5.69 Å². The minimum atomic E-state index is -0.0416. The minimum absolute atomic E-state index is 0.0230. The van der Waals surface area contributed by atoms with Gasteiger partial charge < -0.3 is 10.6 Å². The fraction of sp³-hybridized carbons (Fsp3) is 0.348. The Balaban J connectivity index is 1.77. The molecule has 0 spiro atoms. The summed E-state index contributed by atoms with van der Waals surface area (Å²) in [4.78, 5) is 12.9. The molecule has 4 rings (SSSR count). The maximum atomic E-state index is 12.9. The molecule has 0 bridgehead atoms. The van der Waals surface area contributed by atoms with E-state index in [0.717, 1.165) is 24.1 Å². The van der Waals surface area contributed by atoms with Crippen molar-refractivity contribution in [3.8, 4) is 0 Å². The van der Waals surface area contributed by atoms with Gasteiger partial charge in [-0.2, -0.15) is 0 Å². The third-order valence-electron chi connectivity index (χ3n) is 5.93. The Labute approximate surface area is 176 Å². The van der Waals surface area contributed by atoms with Gasteiger partial charge in [0.1, 0.15) is 0 Å². The molecule has 0 fully saturated rings. The molecule has 0 saturated carbocycles. The molecule has 2 aromatic carbocycles. The molecule has 4 unspecified atom stereocenters. The third kappa shape index (κ3) is 3.42. The first-order valence-corrected chi connectivity index (χ1v) is 10.6. The number of nitrogens with one attached hydrogen (secondary N) is 2. The number of amides is 1. The molecule has 0 aromatic heterocycles. The van der Waals surface area contributed by atoms with Crippen molar-refractivity contribution in [3.05, 3.63) is 75.3 Å². The van der Waals surface area contributed by atoms with Gasteiger partial charge in [0.05, 0.1) is 17.3 Å². The topological polar surface area (TPSA) is 41.1 Å². The number of carbonyl (C=O) groups is 1. The average molecular weight is 415 g/mol. The first kappa shape index (κ1) is 19.4. The summed E-state index contributed by atoms with van der Waals surface area (Å²) in [7, 11) is 0. The first-order chi connectivity index (χ1) is 13.5. The van der Waals surface area contributed by atoms with E-state index in [2.05, 4.69) is 35.8 Å². The lowest BCUT2D eigenvalue weighted by Crippen LogP contribution is -2.35. The van der Waals surface area contributed by atoms with Crippen LogP contribution in [-0.2, 0) is 0 Å². The molecule has 2 N–H and O–H groups in total. The summed E-state index contributed by atoms with van der Waals surface area (Å²) in [6.07, 6.45) is 6.36. The van der Waals surface area contributed by atoms with E-state index in [9.17, 15) is 4.79 Å². The van der Waals surface area contributed by atoms with Crippen LogP contribution < -0.4 is 10.6 Å². The predicted octanol–water partition coefficient (Wildman–Crippen LogP) is 6.35. The molecule has 5 heteroatoms. The zero-order valence-electron chi connectivity index (χ0n) is 16.0. The van der Waals surface area contributed by atoms with E-state index >= 15 is 0 Å². The zero-order chi connectivity index (χ0) is 19.8. The molecule has 1 aliphatic heterocycles. The van der Waals surface area contributed by atoms with Gasteiger partial charge in [0.15, 0.2) is 0 Å². The Morgan fingerprint density at radius 3 is 2.82 bits per heavy atom. The second-order valence-electron chi connectivity index (χ2n) is 7.69. The minimum Gasteiger partial charge on any atom is -0.377 e. The number of allylic oxidation sites excluding steroid dienone is 2. The van der Waals surface area contributed by atoms with E-state index < -0.39 is 0 Å². The molecule has 0 saturated heterocycles. The van der Waals surface area contributed by atoms with Crippen LogP contribution in [0.25, 0.3) is 0 Å². The number of fused-ring (bicyclic) bond motifs is 3. The van der Waals surface area contributed by atoms with E-state index in [1.807, 2.05) is 31.2 Å². The summed E-state index contributed by atoms with van der Waals surface area (Å²) < 4.78 is 0. The zero-order valence-corrected chi connectivity index (χ0v) is 17.5. The molecule has 1 aliphatic carbocycles. The largest absolute Gasteiger partial charge is 0.377 e. The number of hydrogen-bond donors (Lipinski definition) is 2. The molecular formula is C23H24Cl2N2O. The van der Waals surface area contributed by atoms with Gasteiger partial charge in [-0.25, -0.2) is 0 Å². The van der Waals surface area contributed by atoms with Crippen LogP contribution in [0.3, 0.4) is 0 Å². The van der Waals surface area contributed by atoms with Crippen molar-refractivity contribution in [3.63, 3.8) is 0 Å². The molecule has 1 heterocycles. The highest BCUT2D eigenvalue weighted by Crippen LogP contribution is 2.51. The molecule has 1 amide bonds. The Morgan fingerprint density at radius 2 is 2.07 bits per heavy atom. The van der Waals surface area contributed by atoms with E-state index in [0.29, 0.717) is 21.5 Å². The van der Waals surface area contributed by atoms with Crippen LogP contribution in [0.2, 0.25) is 10.0 Å². The van der Waals surface area contributed by atoms with Crippen LogP contribution in [0.5, 0.6) is 0 Å². The van der Waals surface area contributed by atoms with Crippen LogP contribution in [0, 0.1) is 5.92 Å². The highest BCUT2D eigenvalue weighted by molar-refractivity contribution is 6.35. The van der Waals surface area contributed by atoms with Crippen molar-refractivity contribution < 1.29 is 4.79 Å². The monoisotopic (exact) mass is 414 g/mol. The van der Waals surface area contributed by atoms with Gasteiger partial charge in [0.25, 0.3) is 5.91 Å². The molecule has 0 radical (unpaired) electrons. The quantitative estimate of drug-likeness (QED) is 0.572. The summed E-state index contributed by atoms with van der Waals surface area (Å²) in [5.74, 6) is 0.587.